The van der Waals surface area contributed by atoms with E-state index in [-0.39, 0.29) is 24.2 Å². The molecule has 152 valence electrons. The lowest BCUT2D eigenvalue weighted by Gasteiger charge is -2.36. The van der Waals surface area contributed by atoms with Crippen molar-refractivity contribution in [1.29, 1.82) is 0 Å². The number of nitrogens with one attached hydrogen (secondary N) is 2. The lowest BCUT2D eigenvalue weighted by atomic mass is 9.70. The maximum absolute atomic E-state index is 12.8. The van der Waals surface area contributed by atoms with Crippen LogP contribution in [0.25, 0.3) is 0 Å². The third-order valence-corrected chi connectivity index (χ3v) is 6.62. The van der Waals surface area contributed by atoms with E-state index in [1.54, 1.807) is 0 Å². The summed E-state index contributed by atoms with van der Waals surface area (Å²) in [6.45, 7) is 9.72. The van der Waals surface area contributed by atoms with Gasteiger partial charge >= 0.3 is 0 Å². The van der Waals surface area contributed by atoms with Crippen molar-refractivity contribution < 1.29 is 4.79 Å². The van der Waals surface area contributed by atoms with Gasteiger partial charge in [-0.25, -0.2) is 0 Å². The first-order valence-electron chi connectivity index (χ1n) is 10.6. The topological polar surface area (TPSA) is 41.1 Å². The van der Waals surface area contributed by atoms with Crippen LogP contribution >= 0.6 is 12.4 Å². The van der Waals surface area contributed by atoms with Gasteiger partial charge in [0.1, 0.15) is 0 Å². The summed E-state index contributed by atoms with van der Waals surface area (Å²) < 4.78 is 0. The number of carbonyl (C=O) groups excluding carboxylic acids is 1. The summed E-state index contributed by atoms with van der Waals surface area (Å²) in [5, 5.41) is 6.65. The Labute approximate surface area is 171 Å². The standard InChI is InChI=1S/C23H36N2O.ClH/c1-16(2)21-9-4-17(3)14-22(21)23(26)25-15-18-5-7-19(8-6-18)20-10-12-24-13-11-20;/h5-8,16-17,20-22,24H,4,9-15H2,1-3H3,(H,25,26);1H/t17-,21+,22-;/m1./s1. The van der Waals surface area contributed by atoms with Gasteiger partial charge in [0.2, 0.25) is 5.91 Å². The van der Waals surface area contributed by atoms with E-state index in [4.69, 9.17) is 0 Å². The van der Waals surface area contributed by atoms with Crippen LogP contribution in [0.3, 0.4) is 0 Å². The summed E-state index contributed by atoms with van der Waals surface area (Å²) in [5.74, 6) is 2.93. The molecule has 0 aromatic heterocycles. The third kappa shape index (κ3) is 5.96. The van der Waals surface area contributed by atoms with Crippen molar-refractivity contribution >= 4 is 18.3 Å². The Hall–Kier alpha value is -1.06. The van der Waals surface area contributed by atoms with Gasteiger partial charge < -0.3 is 10.6 Å². The van der Waals surface area contributed by atoms with E-state index in [9.17, 15) is 4.79 Å². The molecular formula is C23H37ClN2O. The molecule has 0 spiro atoms. The van der Waals surface area contributed by atoms with Crippen molar-refractivity contribution in [2.75, 3.05) is 13.1 Å². The van der Waals surface area contributed by atoms with E-state index in [0.717, 1.165) is 19.5 Å². The fourth-order valence-corrected chi connectivity index (χ4v) is 4.89. The minimum Gasteiger partial charge on any atom is -0.352 e. The highest BCUT2D eigenvalue weighted by Gasteiger charge is 2.35. The molecule has 1 saturated carbocycles. The van der Waals surface area contributed by atoms with Crippen molar-refractivity contribution in [2.45, 2.75) is 65.3 Å². The van der Waals surface area contributed by atoms with Gasteiger partial charge in [0.25, 0.3) is 0 Å². The molecule has 0 bridgehead atoms. The lowest BCUT2D eigenvalue weighted by Crippen LogP contribution is -2.39. The molecule has 0 radical (unpaired) electrons. The molecule has 1 heterocycles. The van der Waals surface area contributed by atoms with Crippen LogP contribution in [0.2, 0.25) is 0 Å². The van der Waals surface area contributed by atoms with Crippen molar-refractivity contribution in [3.63, 3.8) is 0 Å². The van der Waals surface area contributed by atoms with Crippen LogP contribution in [0.5, 0.6) is 0 Å². The Balaban J connectivity index is 0.00000261. The minimum absolute atomic E-state index is 0. The zero-order valence-corrected chi connectivity index (χ0v) is 18.0. The van der Waals surface area contributed by atoms with Crippen LogP contribution in [-0.2, 0) is 11.3 Å². The van der Waals surface area contributed by atoms with Crippen molar-refractivity contribution in [3.8, 4) is 0 Å². The van der Waals surface area contributed by atoms with Crippen LogP contribution in [-0.4, -0.2) is 19.0 Å². The molecule has 2 aliphatic rings. The number of benzene rings is 1. The van der Waals surface area contributed by atoms with Crippen molar-refractivity contribution in [1.82, 2.24) is 10.6 Å². The van der Waals surface area contributed by atoms with Gasteiger partial charge in [-0.1, -0.05) is 51.5 Å². The molecule has 3 rings (SSSR count). The van der Waals surface area contributed by atoms with E-state index in [1.165, 1.54) is 36.8 Å². The highest BCUT2D eigenvalue weighted by Crippen LogP contribution is 2.38. The summed E-state index contributed by atoms with van der Waals surface area (Å²) >= 11 is 0. The molecule has 1 aromatic rings. The van der Waals surface area contributed by atoms with E-state index in [1.807, 2.05) is 0 Å². The van der Waals surface area contributed by atoms with E-state index < -0.39 is 0 Å². The van der Waals surface area contributed by atoms with Crippen LogP contribution in [0.15, 0.2) is 24.3 Å². The molecule has 0 unspecified atom stereocenters. The maximum Gasteiger partial charge on any atom is 0.223 e. The first kappa shape index (κ1) is 22.2. The molecular weight excluding hydrogens is 356 g/mol. The second kappa shape index (κ2) is 10.5. The zero-order valence-electron chi connectivity index (χ0n) is 17.2. The first-order chi connectivity index (χ1) is 12.5. The van der Waals surface area contributed by atoms with Gasteiger partial charge in [0.15, 0.2) is 0 Å². The average Bonchev–Trinajstić information content (AvgIpc) is 2.67. The Bertz CT molecular complexity index is 581. The number of amides is 1. The molecule has 4 heteroatoms. The lowest BCUT2D eigenvalue weighted by molar-refractivity contribution is -0.129. The second-order valence-electron chi connectivity index (χ2n) is 8.92. The van der Waals surface area contributed by atoms with Gasteiger partial charge in [-0.15, -0.1) is 12.4 Å². The Morgan fingerprint density at radius 1 is 1.11 bits per heavy atom. The third-order valence-electron chi connectivity index (χ3n) is 6.62. The molecule has 1 aliphatic heterocycles. The highest BCUT2D eigenvalue weighted by molar-refractivity contribution is 5.85. The normalized spacial score (nSPS) is 26.4. The monoisotopic (exact) mass is 392 g/mol. The zero-order chi connectivity index (χ0) is 18.5. The van der Waals surface area contributed by atoms with Gasteiger partial charge in [-0.2, -0.15) is 0 Å². The number of hydrogen-bond donors (Lipinski definition) is 2. The van der Waals surface area contributed by atoms with Gasteiger partial charge in [0, 0.05) is 12.5 Å². The van der Waals surface area contributed by atoms with Gasteiger partial charge in [0.05, 0.1) is 0 Å². The molecule has 1 aliphatic carbocycles. The number of piperidine rings is 1. The Morgan fingerprint density at radius 2 is 1.78 bits per heavy atom. The molecule has 1 amide bonds. The van der Waals surface area contributed by atoms with Crippen molar-refractivity contribution in [3.05, 3.63) is 35.4 Å². The Kier molecular flexibility index (Phi) is 8.62. The van der Waals surface area contributed by atoms with E-state index >= 15 is 0 Å². The van der Waals surface area contributed by atoms with E-state index in [0.29, 0.717) is 30.2 Å². The summed E-state index contributed by atoms with van der Waals surface area (Å²) in [7, 11) is 0. The van der Waals surface area contributed by atoms with E-state index in [2.05, 4.69) is 55.7 Å². The predicted molar refractivity (Wildman–Crippen MR) is 115 cm³/mol. The van der Waals surface area contributed by atoms with Crippen molar-refractivity contribution in [2.24, 2.45) is 23.7 Å². The summed E-state index contributed by atoms with van der Waals surface area (Å²) in [6, 6.07) is 8.91. The molecule has 27 heavy (non-hydrogen) atoms. The highest BCUT2D eigenvalue weighted by atomic mass is 35.5. The fraction of sp³-hybridized carbons (Fsp3) is 0.696. The summed E-state index contributed by atoms with van der Waals surface area (Å²) in [5.41, 5.74) is 2.66. The van der Waals surface area contributed by atoms with Crippen LogP contribution in [0.1, 0.15) is 69.9 Å². The molecule has 2 N–H and O–H groups in total. The quantitative estimate of drug-likeness (QED) is 0.748. The number of hydrogen-bond acceptors (Lipinski definition) is 2. The van der Waals surface area contributed by atoms with Gasteiger partial charge in [-0.05, 0) is 73.6 Å². The fourth-order valence-electron chi connectivity index (χ4n) is 4.89. The van der Waals surface area contributed by atoms with Crippen LogP contribution in [0, 0.1) is 23.7 Å². The number of carbonyl (C=O) groups is 1. The minimum atomic E-state index is 0. The first-order valence-corrected chi connectivity index (χ1v) is 10.6. The number of halogens is 1. The SMILES string of the molecule is CC(C)[C@@H]1CC[C@@H](C)C[C@H]1C(=O)NCc1ccc(C2CCNCC2)cc1.Cl. The number of rotatable bonds is 5. The predicted octanol–water partition coefficient (Wildman–Crippen LogP) is 4.90. The largest absolute Gasteiger partial charge is 0.352 e. The Morgan fingerprint density at radius 3 is 2.41 bits per heavy atom. The molecule has 3 nitrogen and oxygen atoms in total. The van der Waals surface area contributed by atoms with Crippen LogP contribution in [0.4, 0.5) is 0 Å². The van der Waals surface area contributed by atoms with Crippen LogP contribution < -0.4 is 10.6 Å². The molecule has 1 aromatic carbocycles. The summed E-state index contributed by atoms with van der Waals surface area (Å²) in [4.78, 5) is 12.8. The molecule has 1 saturated heterocycles. The smallest absolute Gasteiger partial charge is 0.223 e. The summed E-state index contributed by atoms with van der Waals surface area (Å²) in [6.07, 6.45) is 5.97. The average molecular weight is 393 g/mol. The molecule has 2 fully saturated rings. The molecule has 3 atom stereocenters. The maximum atomic E-state index is 12.8. The van der Waals surface area contributed by atoms with Gasteiger partial charge in [-0.3, -0.25) is 4.79 Å². The second-order valence-corrected chi connectivity index (χ2v) is 8.92.